The average Bonchev–Trinajstić information content (AvgIpc) is 2.60. The van der Waals surface area contributed by atoms with Gasteiger partial charge in [0.05, 0.1) is 23.5 Å². The van der Waals surface area contributed by atoms with Crippen molar-refractivity contribution in [2.24, 2.45) is 0 Å². The Morgan fingerprint density at radius 1 is 1.04 bits per heavy atom. The van der Waals surface area contributed by atoms with Crippen molar-refractivity contribution in [3.8, 4) is 0 Å². The second kappa shape index (κ2) is 8.22. The van der Waals surface area contributed by atoms with Crippen molar-refractivity contribution in [3.63, 3.8) is 0 Å². The van der Waals surface area contributed by atoms with Gasteiger partial charge in [-0.1, -0.05) is 36.4 Å². The van der Waals surface area contributed by atoms with Gasteiger partial charge >= 0.3 is 6.18 Å². The second-order valence-electron chi connectivity index (χ2n) is 6.42. The third-order valence-electron chi connectivity index (χ3n) is 4.17. The molecule has 0 aliphatic heterocycles. The van der Waals surface area contributed by atoms with Gasteiger partial charge in [0.15, 0.2) is 0 Å². The van der Waals surface area contributed by atoms with Crippen LogP contribution < -0.4 is 9.62 Å². The summed E-state index contributed by atoms with van der Waals surface area (Å²) in [6, 6.07) is 11.3. The van der Waals surface area contributed by atoms with E-state index in [1.807, 2.05) is 6.07 Å². The number of halogens is 3. The molecule has 0 aliphatic rings. The van der Waals surface area contributed by atoms with Crippen LogP contribution in [-0.4, -0.2) is 26.6 Å². The summed E-state index contributed by atoms with van der Waals surface area (Å²) in [6.07, 6.45) is -3.79. The number of alkyl halides is 3. The summed E-state index contributed by atoms with van der Waals surface area (Å²) in [5, 5.41) is 2.70. The Kier molecular flexibility index (Phi) is 6.38. The molecule has 2 rings (SSSR count). The minimum absolute atomic E-state index is 0.229. The Labute approximate surface area is 162 Å². The predicted octanol–water partition coefficient (Wildman–Crippen LogP) is 3.74. The van der Waals surface area contributed by atoms with Gasteiger partial charge in [-0.05, 0) is 37.6 Å². The van der Waals surface area contributed by atoms with E-state index >= 15 is 0 Å². The highest BCUT2D eigenvalue weighted by molar-refractivity contribution is 7.92. The van der Waals surface area contributed by atoms with Crippen molar-refractivity contribution in [1.29, 1.82) is 0 Å². The van der Waals surface area contributed by atoms with E-state index in [1.54, 1.807) is 31.2 Å². The number of anilines is 1. The zero-order valence-corrected chi connectivity index (χ0v) is 16.4. The van der Waals surface area contributed by atoms with E-state index in [2.05, 4.69) is 5.32 Å². The summed E-state index contributed by atoms with van der Waals surface area (Å²) in [7, 11) is -4.02. The highest BCUT2D eigenvalue weighted by Crippen LogP contribution is 2.32. The molecule has 0 aliphatic carbocycles. The first-order chi connectivity index (χ1) is 12.9. The van der Waals surface area contributed by atoms with Gasteiger partial charge in [0, 0.05) is 0 Å². The average molecular weight is 414 g/mol. The number of nitrogens with one attached hydrogen (secondary N) is 1. The van der Waals surface area contributed by atoms with Crippen LogP contribution >= 0.6 is 0 Å². The highest BCUT2D eigenvalue weighted by atomic mass is 32.2. The topological polar surface area (TPSA) is 66.5 Å². The largest absolute Gasteiger partial charge is 0.416 e. The molecule has 2 aromatic carbocycles. The summed E-state index contributed by atoms with van der Waals surface area (Å²) < 4.78 is 64.2. The van der Waals surface area contributed by atoms with Crippen molar-refractivity contribution < 1.29 is 26.4 Å². The molecule has 1 amide bonds. The normalized spacial score (nSPS) is 14.2. The van der Waals surface area contributed by atoms with E-state index in [0.29, 0.717) is 10.4 Å². The van der Waals surface area contributed by atoms with Crippen LogP contribution in [0.3, 0.4) is 0 Å². The third kappa shape index (κ3) is 5.25. The molecule has 0 unspecified atom stereocenters. The van der Waals surface area contributed by atoms with Crippen LogP contribution in [-0.2, 0) is 21.0 Å². The zero-order valence-electron chi connectivity index (χ0n) is 15.6. The van der Waals surface area contributed by atoms with Gasteiger partial charge in [0.2, 0.25) is 15.9 Å². The Hall–Kier alpha value is -2.55. The van der Waals surface area contributed by atoms with Gasteiger partial charge in [-0.3, -0.25) is 9.10 Å². The van der Waals surface area contributed by atoms with Crippen molar-refractivity contribution in [2.75, 3.05) is 10.6 Å². The molecular weight excluding hydrogens is 393 g/mol. The van der Waals surface area contributed by atoms with Gasteiger partial charge in [-0.2, -0.15) is 13.2 Å². The van der Waals surface area contributed by atoms with Crippen molar-refractivity contribution >= 4 is 21.6 Å². The lowest BCUT2D eigenvalue weighted by Gasteiger charge is -2.29. The van der Waals surface area contributed by atoms with Gasteiger partial charge in [0.1, 0.15) is 6.04 Å². The number of rotatable bonds is 6. The molecule has 0 saturated heterocycles. The number of carbonyl (C=O) groups is 1. The number of hydrogen-bond donors (Lipinski definition) is 1. The van der Waals surface area contributed by atoms with E-state index in [0.717, 1.165) is 24.0 Å². The standard InChI is InChI=1S/C19H21F3N2O3S/c1-13(15-8-5-4-6-9-15)23-18(25)14(2)24(28(3,26)27)17-11-7-10-16(12-17)19(20,21)22/h4-14H,1-3H3,(H,23,25)/t13-,14-/m0/s1. The molecule has 0 spiro atoms. The van der Waals surface area contributed by atoms with E-state index in [-0.39, 0.29) is 5.69 Å². The lowest BCUT2D eigenvalue weighted by atomic mass is 10.1. The number of sulfonamides is 1. The number of carbonyl (C=O) groups excluding carboxylic acids is 1. The van der Waals surface area contributed by atoms with Crippen molar-refractivity contribution in [1.82, 2.24) is 5.32 Å². The Morgan fingerprint density at radius 3 is 2.18 bits per heavy atom. The van der Waals surface area contributed by atoms with Crippen molar-refractivity contribution in [3.05, 3.63) is 65.7 Å². The smallest absolute Gasteiger partial charge is 0.348 e. The maximum atomic E-state index is 13.0. The van der Waals surface area contributed by atoms with Crippen LogP contribution in [0.25, 0.3) is 0 Å². The molecule has 0 saturated carbocycles. The molecular formula is C19H21F3N2O3S. The van der Waals surface area contributed by atoms with Gasteiger partial charge in [-0.25, -0.2) is 8.42 Å². The molecule has 152 valence electrons. The summed E-state index contributed by atoms with van der Waals surface area (Å²) in [5.74, 6) is -0.626. The summed E-state index contributed by atoms with van der Waals surface area (Å²) in [6.45, 7) is 3.06. The molecule has 0 aromatic heterocycles. The van der Waals surface area contributed by atoms with Gasteiger partial charge in [-0.15, -0.1) is 0 Å². The first-order valence-corrected chi connectivity index (χ1v) is 10.3. The fourth-order valence-electron chi connectivity index (χ4n) is 2.79. The van der Waals surface area contributed by atoms with Gasteiger partial charge < -0.3 is 5.32 Å². The monoisotopic (exact) mass is 414 g/mol. The lowest BCUT2D eigenvalue weighted by Crippen LogP contribution is -2.48. The third-order valence-corrected chi connectivity index (χ3v) is 5.42. The Bertz CT molecular complexity index is 931. The highest BCUT2D eigenvalue weighted by Gasteiger charge is 2.34. The van der Waals surface area contributed by atoms with E-state index in [1.165, 1.54) is 13.0 Å². The first kappa shape index (κ1) is 21.7. The molecule has 9 heteroatoms. The number of benzene rings is 2. The van der Waals surface area contributed by atoms with Crippen LogP contribution in [0.4, 0.5) is 18.9 Å². The molecule has 2 aromatic rings. The fourth-order valence-corrected chi connectivity index (χ4v) is 3.95. The predicted molar refractivity (Wildman–Crippen MR) is 101 cm³/mol. The minimum Gasteiger partial charge on any atom is -0.348 e. The van der Waals surface area contributed by atoms with Crippen LogP contribution in [0.1, 0.15) is 31.0 Å². The van der Waals surface area contributed by atoms with Crippen LogP contribution in [0.5, 0.6) is 0 Å². The summed E-state index contributed by atoms with van der Waals surface area (Å²) in [4.78, 5) is 12.6. The van der Waals surface area contributed by atoms with E-state index < -0.39 is 39.8 Å². The molecule has 0 bridgehead atoms. The van der Waals surface area contributed by atoms with Crippen LogP contribution in [0.15, 0.2) is 54.6 Å². The van der Waals surface area contributed by atoms with E-state index in [4.69, 9.17) is 0 Å². The molecule has 0 heterocycles. The lowest BCUT2D eigenvalue weighted by molar-refractivity contribution is -0.137. The maximum absolute atomic E-state index is 13.0. The summed E-state index contributed by atoms with van der Waals surface area (Å²) >= 11 is 0. The fraction of sp³-hybridized carbons (Fsp3) is 0.316. The molecule has 28 heavy (non-hydrogen) atoms. The molecule has 0 fully saturated rings. The van der Waals surface area contributed by atoms with Crippen LogP contribution in [0.2, 0.25) is 0 Å². The molecule has 1 N–H and O–H groups in total. The van der Waals surface area contributed by atoms with Gasteiger partial charge in [0.25, 0.3) is 0 Å². The SMILES string of the molecule is C[C@H](NC(=O)[C@H](C)N(c1cccc(C(F)(F)F)c1)S(C)(=O)=O)c1ccccc1. The molecule has 0 radical (unpaired) electrons. The van der Waals surface area contributed by atoms with Crippen LogP contribution in [0, 0.1) is 0 Å². The zero-order chi connectivity index (χ0) is 21.1. The number of hydrogen-bond acceptors (Lipinski definition) is 3. The first-order valence-electron chi connectivity index (χ1n) is 8.43. The maximum Gasteiger partial charge on any atom is 0.416 e. The molecule has 2 atom stereocenters. The van der Waals surface area contributed by atoms with Crippen molar-refractivity contribution in [2.45, 2.75) is 32.1 Å². The number of amides is 1. The second-order valence-corrected chi connectivity index (χ2v) is 8.28. The molecule has 5 nitrogen and oxygen atoms in total. The Morgan fingerprint density at radius 2 is 1.64 bits per heavy atom. The Balaban J connectivity index is 2.32. The summed E-state index contributed by atoms with van der Waals surface area (Å²) in [5.41, 5.74) is -0.413. The minimum atomic E-state index is -4.63. The quantitative estimate of drug-likeness (QED) is 0.783. The number of nitrogens with zero attached hydrogens (tertiary/aromatic N) is 1. The van der Waals surface area contributed by atoms with E-state index in [9.17, 15) is 26.4 Å².